The predicted molar refractivity (Wildman–Crippen MR) is 87.9 cm³/mol. The highest BCUT2D eigenvalue weighted by atomic mass is 32.2. The summed E-state index contributed by atoms with van der Waals surface area (Å²) in [6.45, 7) is 2.40. The summed E-state index contributed by atoms with van der Waals surface area (Å²) < 4.78 is 2.08. The van der Waals surface area contributed by atoms with Crippen molar-refractivity contribution in [1.82, 2.24) is 15.5 Å². The zero-order valence-corrected chi connectivity index (χ0v) is 14.5. The van der Waals surface area contributed by atoms with E-state index in [9.17, 15) is 5.11 Å². The van der Waals surface area contributed by atoms with Crippen LogP contribution < -0.4 is 5.32 Å². The number of rotatable bonds is 10. The molecule has 2 N–H and O–H groups in total. The molecule has 4 nitrogen and oxygen atoms in total. The van der Waals surface area contributed by atoms with E-state index in [0.717, 1.165) is 33.7 Å². The second-order valence-electron chi connectivity index (χ2n) is 5.20. The zero-order valence-electron chi connectivity index (χ0n) is 12.1. The molecule has 1 aromatic heterocycles. The summed E-state index contributed by atoms with van der Waals surface area (Å²) in [5.41, 5.74) is -0.0761. The third-order valence-electron chi connectivity index (χ3n) is 3.65. The molecule has 1 atom stereocenters. The first-order valence-corrected chi connectivity index (χ1v) is 10.1. The highest BCUT2D eigenvalue weighted by molar-refractivity contribution is 8.02. The molecule has 1 heterocycles. The molecule has 1 aromatic rings. The van der Waals surface area contributed by atoms with Gasteiger partial charge in [0.1, 0.15) is 0 Å². The predicted octanol–water partition coefficient (Wildman–Crippen LogP) is 3.03. The minimum Gasteiger partial charge on any atom is -0.394 e. The van der Waals surface area contributed by atoms with Crippen LogP contribution in [0.5, 0.6) is 0 Å². The molecule has 20 heavy (non-hydrogen) atoms. The monoisotopic (exact) mass is 333 g/mol. The SMILES string of the molecule is CCC(CO)(CCCSc1nnc(SC)s1)NC1CC1. The zero-order chi connectivity index (χ0) is 14.4. The number of aromatic nitrogens is 2. The van der Waals surface area contributed by atoms with Crippen molar-refractivity contribution in [3.63, 3.8) is 0 Å². The Labute approximate surface area is 133 Å². The second kappa shape index (κ2) is 7.98. The van der Waals surface area contributed by atoms with Gasteiger partial charge in [-0.25, -0.2) is 0 Å². The third-order valence-corrected chi connectivity index (χ3v) is 6.77. The van der Waals surface area contributed by atoms with Crippen LogP contribution in [0, 0.1) is 0 Å². The van der Waals surface area contributed by atoms with Crippen LogP contribution in [0.2, 0.25) is 0 Å². The maximum Gasteiger partial charge on any atom is 0.175 e. The van der Waals surface area contributed by atoms with Crippen LogP contribution >= 0.6 is 34.9 Å². The average molecular weight is 334 g/mol. The van der Waals surface area contributed by atoms with Gasteiger partial charge in [0.05, 0.1) is 6.61 Å². The highest BCUT2D eigenvalue weighted by Crippen LogP contribution is 2.30. The van der Waals surface area contributed by atoms with Gasteiger partial charge in [0, 0.05) is 17.3 Å². The van der Waals surface area contributed by atoms with Crippen LogP contribution in [0.15, 0.2) is 8.68 Å². The van der Waals surface area contributed by atoms with Crippen LogP contribution in [-0.2, 0) is 0 Å². The number of aliphatic hydroxyl groups is 1. The molecular weight excluding hydrogens is 310 g/mol. The molecule has 0 aromatic carbocycles. The van der Waals surface area contributed by atoms with Gasteiger partial charge in [0.15, 0.2) is 8.68 Å². The summed E-state index contributed by atoms with van der Waals surface area (Å²) >= 11 is 5.08. The largest absolute Gasteiger partial charge is 0.394 e. The van der Waals surface area contributed by atoms with Crippen molar-refractivity contribution < 1.29 is 5.11 Å². The van der Waals surface area contributed by atoms with Crippen LogP contribution in [0.3, 0.4) is 0 Å². The van der Waals surface area contributed by atoms with Gasteiger partial charge >= 0.3 is 0 Å². The van der Waals surface area contributed by atoms with Gasteiger partial charge in [-0.2, -0.15) is 0 Å². The van der Waals surface area contributed by atoms with Crippen LogP contribution in [0.1, 0.15) is 39.0 Å². The quantitative estimate of drug-likeness (QED) is 0.507. The molecular formula is C13H23N3OS3. The summed E-state index contributed by atoms with van der Waals surface area (Å²) in [4.78, 5) is 0. The van der Waals surface area contributed by atoms with Crippen molar-refractivity contribution in [2.45, 2.75) is 59.3 Å². The molecule has 0 saturated heterocycles. The van der Waals surface area contributed by atoms with E-state index in [0.29, 0.717) is 6.04 Å². The molecule has 1 saturated carbocycles. The molecule has 114 valence electrons. The summed E-state index contributed by atoms with van der Waals surface area (Å²) in [5, 5.41) is 21.6. The minimum atomic E-state index is -0.0761. The summed E-state index contributed by atoms with van der Waals surface area (Å²) in [7, 11) is 0. The van der Waals surface area contributed by atoms with E-state index < -0.39 is 0 Å². The first-order chi connectivity index (χ1) is 9.71. The van der Waals surface area contributed by atoms with Gasteiger partial charge in [-0.1, -0.05) is 41.8 Å². The minimum absolute atomic E-state index is 0.0761. The van der Waals surface area contributed by atoms with Crippen molar-refractivity contribution >= 4 is 34.9 Å². The van der Waals surface area contributed by atoms with E-state index in [2.05, 4.69) is 22.4 Å². The second-order valence-corrected chi connectivity index (χ2v) is 8.57. The third kappa shape index (κ3) is 4.87. The molecule has 1 aliphatic carbocycles. The Morgan fingerprint density at radius 3 is 2.70 bits per heavy atom. The van der Waals surface area contributed by atoms with E-state index in [1.54, 1.807) is 34.9 Å². The lowest BCUT2D eigenvalue weighted by Gasteiger charge is -2.32. The Kier molecular flexibility index (Phi) is 6.61. The van der Waals surface area contributed by atoms with Gasteiger partial charge in [0.2, 0.25) is 0 Å². The van der Waals surface area contributed by atoms with Crippen molar-refractivity contribution in [3.05, 3.63) is 0 Å². The molecule has 2 rings (SSSR count). The Balaban J connectivity index is 1.72. The lowest BCUT2D eigenvalue weighted by Crippen LogP contribution is -2.49. The van der Waals surface area contributed by atoms with Crippen molar-refractivity contribution in [2.75, 3.05) is 18.6 Å². The van der Waals surface area contributed by atoms with Gasteiger partial charge in [-0.05, 0) is 38.4 Å². The van der Waals surface area contributed by atoms with Crippen LogP contribution in [-0.4, -0.2) is 45.5 Å². The van der Waals surface area contributed by atoms with Crippen LogP contribution in [0.25, 0.3) is 0 Å². The fourth-order valence-corrected chi connectivity index (χ4v) is 4.60. The average Bonchev–Trinajstić information content (AvgIpc) is 3.17. The van der Waals surface area contributed by atoms with Gasteiger partial charge in [-0.3, -0.25) is 0 Å². The van der Waals surface area contributed by atoms with Gasteiger partial charge in [-0.15, -0.1) is 10.2 Å². The Morgan fingerprint density at radius 2 is 2.15 bits per heavy atom. The maximum atomic E-state index is 9.71. The standard InChI is InChI=1S/C13H23N3OS3/c1-3-13(9-17,14-10-5-6-10)7-4-8-19-12-16-15-11(18-2)20-12/h10,14,17H,3-9H2,1-2H3. The van der Waals surface area contributed by atoms with E-state index in [1.165, 1.54) is 12.8 Å². The van der Waals surface area contributed by atoms with Crippen LogP contribution in [0.4, 0.5) is 0 Å². The fourth-order valence-electron chi connectivity index (χ4n) is 2.16. The van der Waals surface area contributed by atoms with Gasteiger partial charge in [0.25, 0.3) is 0 Å². The molecule has 0 amide bonds. The smallest absolute Gasteiger partial charge is 0.175 e. The number of thioether (sulfide) groups is 2. The molecule has 1 aliphatic rings. The van der Waals surface area contributed by atoms with E-state index >= 15 is 0 Å². The molecule has 7 heteroatoms. The molecule has 1 fully saturated rings. The highest BCUT2D eigenvalue weighted by Gasteiger charge is 2.33. The Bertz CT molecular complexity index is 405. The number of aliphatic hydroxyl groups excluding tert-OH is 1. The Morgan fingerprint density at radius 1 is 1.40 bits per heavy atom. The molecule has 0 bridgehead atoms. The first-order valence-electron chi connectivity index (χ1n) is 7.10. The van der Waals surface area contributed by atoms with Crippen molar-refractivity contribution in [2.24, 2.45) is 0 Å². The van der Waals surface area contributed by atoms with Crippen molar-refractivity contribution in [1.29, 1.82) is 0 Å². The van der Waals surface area contributed by atoms with Crippen molar-refractivity contribution in [3.8, 4) is 0 Å². The lowest BCUT2D eigenvalue weighted by molar-refractivity contribution is 0.144. The summed E-state index contributed by atoms with van der Waals surface area (Å²) in [6, 6.07) is 0.641. The summed E-state index contributed by atoms with van der Waals surface area (Å²) in [5.74, 6) is 1.04. The van der Waals surface area contributed by atoms with E-state index in [1.807, 2.05) is 6.26 Å². The summed E-state index contributed by atoms with van der Waals surface area (Å²) in [6.07, 6.45) is 7.65. The number of hydrogen-bond donors (Lipinski definition) is 2. The fraction of sp³-hybridized carbons (Fsp3) is 0.846. The maximum absolute atomic E-state index is 9.71. The molecule has 0 radical (unpaired) electrons. The Hall–Kier alpha value is 0.180. The van der Waals surface area contributed by atoms with Gasteiger partial charge < -0.3 is 10.4 Å². The normalized spacial score (nSPS) is 18.1. The topological polar surface area (TPSA) is 58.0 Å². The molecule has 1 unspecified atom stereocenters. The lowest BCUT2D eigenvalue weighted by atomic mass is 9.91. The number of hydrogen-bond acceptors (Lipinski definition) is 7. The first kappa shape index (κ1) is 16.5. The number of nitrogens with one attached hydrogen (secondary N) is 1. The molecule has 0 aliphatic heterocycles. The molecule has 0 spiro atoms. The number of nitrogens with zero attached hydrogens (tertiary/aromatic N) is 2. The van der Waals surface area contributed by atoms with E-state index in [-0.39, 0.29) is 12.1 Å². The van der Waals surface area contributed by atoms with E-state index in [4.69, 9.17) is 0 Å².